The van der Waals surface area contributed by atoms with Gasteiger partial charge < -0.3 is 15.0 Å². The number of hydrogen-bond donors (Lipinski definition) is 2. The number of aromatic amines is 1. The van der Waals surface area contributed by atoms with Gasteiger partial charge >= 0.3 is 0 Å². The summed E-state index contributed by atoms with van der Waals surface area (Å²) >= 11 is 0. The van der Waals surface area contributed by atoms with Crippen molar-refractivity contribution in [3.05, 3.63) is 71.4 Å². The molecule has 1 atom stereocenters. The second kappa shape index (κ2) is 7.65. The number of aromatic nitrogens is 1. The molecule has 3 heteroatoms. The zero-order chi connectivity index (χ0) is 17.9. The highest BCUT2D eigenvalue weighted by Gasteiger charge is 2.23. The highest BCUT2D eigenvalue weighted by atomic mass is 16.3. The van der Waals surface area contributed by atoms with Gasteiger partial charge in [0.05, 0.1) is 6.10 Å². The Balaban J connectivity index is 1.34. The third-order valence-electron chi connectivity index (χ3n) is 5.73. The minimum absolute atomic E-state index is 0.434. The van der Waals surface area contributed by atoms with E-state index in [1.54, 1.807) is 0 Å². The molecule has 2 N–H and O–H groups in total. The number of aliphatic hydroxyl groups is 1. The lowest BCUT2D eigenvalue weighted by molar-refractivity contribution is 0.0901. The van der Waals surface area contributed by atoms with E-state index in [0.29, 0.717) is 0 Å². The van der Waals surface area contributed by atoms with Crippen LogP contribution in [-0.4, -0.2) is 34.6 Å². The quantitative estimate of drug-likeness (QED) is 0.714. The first-order valence-electron chi connectivity index (χ1n) is 9.71. The van der Waals surface area contributed by atoms with Gasteiger partial charge in [-0.3, -0.25) is 0 Å². The van der Waals surface area contributed by atoms with Crippen LogP contribution in [0.1, 0.15) is 35.6 Å². The van der Waals surface area contributed by atoms with Crippen molar-refractivity contribution in [3.63, 3.8) is 0 Å². The molecule has 3 aromatic rings. The van der Waals surface area contributed by atoms with Crippen LogP contribution in [0, 0.1) is 12.8 Å². The first-order chi connectivity index (χ1) is 12.7. The van der Waals surface area contributed by atoms with E-state index in [9.17, 15) is 5.11 Å². The molecule has 2 aromatic carbocycles. The molecule has 3 nitrogen and oxygen atoms in total. The zero-order valence-corrected chi connectivity index (χ0v) is 15.5. The molecule has 136 valence electrons. The molecule has 1 aromatic heterocycles. The van der Waals surface area contributed by atoms with Gasteiger partial charge in [0, 0.05) is 29.2 Å². The van der Waals surface area contributed by atoms with Crippen LogP contribution in [0.2, 0.25) is 0 Å². The summed E-state index contributed by atoms with van der Waals surface area (Å²) in [5.74, 6) is 0.765. The maximum Gasteiger partial charge on any atom is 0.0937 e. The Bertz CT molecular complexity index is 847. The number of piperidine rings is 1. The second-order valence-corrected chi connectivity index (χ2v) is 7.74. The molecule has 1 aliphatic heterocycles. The number of rotatable bonds is 5. The summed E-state index contributed by atoms with van der Waals surface area (Å²) in [5, 5.41) is 11.9. The van der Waals surface area contributed by atoms with Crippen LogP contribution >= 0.6 is 0 Å². The van der Waals surface area contributed by atoms with Crippen molar-refractivity contribution < 1.29 is 5.11 Å². The molecule has 4 rings (SSSR count). The molecule has 0 amide bonds. The van der Waals surface area contributed by atoms with Gasteiger partial charge in [-0.2, -0.15) is 0 Å². The Morgan fingerprint density at radius 3 is 2.65 bits per heavy atom. The van der Waals surface area contributed by atoms with Gasteiger partial charge in [0.25, 0.3) is 0 Å². The van der Waals surface area contributed by atoms with Crippen molar-refractivity contribution in [2.24, 2.45) is 5.92 Å². The van der Waals surface area contributed by atoms with Gasteiger partial charge in [-0.1, -0.05) is 42.0 Å². The smallest absolute Gasteiger partial charge is 0.0937 e. The Labute approximate surface area is 155 Å². The Morgan fingerprint density at radius 1 is 1.12 bits per heavy atom. The standard InChI is InChI=1S/C23H28N2O/c1-17-7-8-22-20(13-17)21(15-24-22)23(26)16-25-11-9-19(10-12-25)14-18-5-3-2-4-6-18/h2-8,13,15,19,23-24,26H,9-12,14,16H2,1H3/t23-/m1/s1. The number of nitrogens with zero attached hydrogens (tertiary/aromatic N) is 1. The molecule has 0 bridgehead atoms. The second-order valence-electron chi connectivity index (χ2n) is 7.74. The van der Waals surface area contributed by atoms with Crippen LogP contribution in [0.25, 0.3) is 10.9 Å². The van der Waals surface area contributed by atoms with E-state index >= 15 is 0 Å². The fourth-order valence-electron chi connectivity index (χ4n) is 4.20. The van der Waals surface area contributed by atoms with Crippen molar-refractivity contribution in [2.45, 2.75) is 32.3 Å². The Morgan fingerprint density at radius 2 is 1.88 bits per heavy atom. The van der Waals surface area contributed by atoms with Gasteiger partial charge in [-0.25, -0.2) is 0 Å². The Hall–Kier alpha value is -2.10. The van der Waals surface area contributed by atoms with Crippen LogP contribution in [-0.2, 0) is 6.42 Å². The number of aryl methyl sites for hydroxylation is 1. The van der Waals surface area contributed by atoms with E-state index in [1.165, 1.54) is 30.4 Å². The largest absolute Gasteiger partial charge is 0.387 e. The van der Waals surface area contributed by atoms with E-state index in [1.807, 2.05) is 6.20 Å². The lowest BCUT2D eigenvalue weighted by Gasteiger charge is -2.33. The molecular formula is C23H28N2O. The van der Waals surface area contributed by atoms with Crippen molar-refractivity contribution in [1.82, 2.24) is 9.88 Å². The van der Waals surface area contributed by atoms with Gasteiger partial charge in [-0.15, -0.1) is 0 Å². The van der Waals surface area contributed by atoms with Gasteiger partial charge in [0.1, 0.15) is 0 Å². The van der Waals surface area contributed by atoms with E-state index < -0.39 is 6.10 Å². The summed E-state index contributed by atoms with van der Waals surface area (Å²) < 4.78 is 0. The van der Waals surface area contributed by atoms with E-state index in [-0.39, 0.29) is 0 Å². The summed E-state index contributed by atoms with van der Waals surface area (Å²) in [6.45, 7) is 4.98. The lowest BCUT2D eigenvalue weighted by atomic mass is 9.90. The number of likely N-dealkylation sites (tertiary alicyclic amines) is 1. The highest BCUT2D eigenvalue weighted by molar-refractivity contribution is 5.84. The molecule has 1 saturated heterocycles. The van der Waals surface area contributed by atoms with Crippen LogP contribution in [0.15, 0.2) is 54.7 Å². The Kier molecular flexibility index (Phi) is 5.09. The number of nitrogens with one attached hydrogen (secondary N) is 1. The topological polar surface area (TPSA) is 39.3 Å². The van der Waals surface area contributed by atoms with Crippen LogP contribution in [0.4, 0.5) is 0 Å². The van der Waals surface area contributed by atoms with Gasteiger partial charge in [0.15, 0.2) is 0 Å². The van der Waals surface area contributed by atoms with Crippen molar-refractivity contribution in [3.8, 4) is 0 Å². The first-order valence-corrected chi connectivity index (χ1v) is 9.71. The fraction of sp³-hybridized carbons (Fsp3) is 0.391. The van der Waals surface area contributed by atoms with E-state index in [4.69, 9.17) is 0 Å². The lowest BCUT2D eigenvalue weighted by Crippen LogP contribution is -2.37. The number of β-amino-alcohol motifs (C(OH)–C–C–N with tert-alkyl or cyclic N) is 1. The summed E-state index contributed by atoms with van der Waals surface area (Å²) in [7, 11) is 0. The van der Waals surface area contributed by atoms with Crippen LogP contribution in [0.3, 0.4) is 0 Å². The van der Waals surface area contributed by atoms with Crippen molar-refractivity contribution >= 4 is 10.9 Å². The third-order valence-corrected chi connectivity index (χ3v) is 5.73. The summed E-state index contributed by atoms with van der Waals surface area (Å²) in [5.41, 5.74) is 4.80. The van der Waals surface area contributed by atoms with Crippen LogP contribution in [0.5, 0.6) is 0 Å². The van der Waals surface area contributed by atoms with Crippen LogP contribution < -0.4 is 0 Å². The van der Waals surface area contributed by atoms with Gasteiger partial charge in [0.2, 0.25) is 0 Å². The maximum absolute atomic E-state index is 10.8. The normalized spacial score (nSPS) is 17.6. The molecule has 1 aliphatic rings. The number of fused-ring (bicyclic) bond motifs is 1. The average molecular weight is 348 g/mol. The monoisotopic (exact) mass is 348 g/mol. The molecule has 1 fully saturated rings. The maximum atomic E-state index is 10.8. The first kappa shape index (κ1) is 17.3. The van der Waals surface area contributed by atoms with Crippen molar-refractivity contribution in [2.75, 3.05) is 19.6 Å². The predicted octanol–water partition coefficient (Wildman–Crippen LogP) is 4.46. The minimum atomic E-state index is -0.434. The molecule has 0 radical (unpaired) electrons. The molecule has 2 heterocycles. The average Bonchev–Trinajstić information content (AvgIpc) is 3.07. The van der Waals surface area contributed by atoms with E-state index in [2.05, 4.69) is 65.3 Å². The SMILES string of the molecule is Cc1ccc2[nH]cc([C@H](O)CN3CCC(Cc4ccccc4)CC3)c2c1. The molecular weight excluding hydrogens is 320 g/mol. The minimum Gasteiger partial charge on any atom is -0.387 e. The van der Waals surface area contributed by atoms with Gasteiger partial charge in [-0.05, 0) is 62.9 Å². The highest BCUT2D eigenvalue weighted by Crippen LogP contribution is 2.28. The fourth-order valence-corrected chi connectivity index (χ4v) is 4.20. The zero-order valence-electron chi connectivity index (χ0n) is 15.5. The molecule has 0 saturated carbocycles. The van der Waals surface area contributed by atoms with E-state index in [0.717, 1.165) is 42.0 Å². The number of H-pyrrole nitrogens is 1. The number of benzene rings is 2. The molecule has 0 unspecified atom stereocenters. The molecule has 0 spiro atoms. The summed E-state index contributed by atoms with van der Waals surface area (Å²) in [6, 6.07) is 17.2. The number of hydrogen-bond acceptors (Lipinski definition) is 2. The predicted molar refractivity (Wildman–Crippen MR) is 107 cm³/mol. The molecule has 26 heavy (non-hydrogen) atoms. The third kappa shape index (κ3) is 3.84. The summed E-state index contributed by atoms with van der Waals surface area (Å²) in [6.07, 6.45) is 5.15. The summed E-state index contributed by atoms with van der Waals surface area (Å²) in [4.78, 5) is 5.71. The molecule has 0 aliphatic carbocycles. The van der Waals surface area contributed by atoms with Crippen molar-refractivity contribution in [1.29, 1.82) is 0 Å². The number of aliphatic hydroxyl groups excluding tert-OH is 1.